The minimum absolute atomic E-state index is 0.0954. The fourth-order valence-corrected chi connectivity index (χ4v) is 1.56. The normalized spacial score (nSPS) is 18.5. The zero-order valence-electron chi connectivity index (χ0n) is 7.69. The molecule has 0 spiro atoms. The topological polar surface area (TPSA) is 33.1 Å². The smallest absolute Gasteiger partial charge is 0.0572 e. The van der Waals surface area contributed by atoms with E-state index in [0.717, 1.165) is 18.5 Å². The summed E-state index contributed by atoms with van der Waals surface area (Å²) in [7, 11) is 0. The highest BCUT2D eigenvalue weighted by atomic mass is 16.3. The fraction of sp³-hybridized carbons (Fsp3) is 0.545. The largest absolute Gasteiger partial charge is 0.393 e. The van der Waals surface area contributed by atoms with Crippen molar-refractivity contribution in [3.05, 3.63) is 30.1 Å². The summed E-state index contributed by atoms with van der Waals surface area (Å²) in [6.45, 7) is 0. The highest BCUT2D eigenvalue weighted by Crippen LogP contribution is 2.34. The van der Waals surface area contributed by atoms with E-state index in [2.05, 4.69) is 4.98 Å². The maximum absolute atomic E-state index is 9.62. The molecule has 1 atom stereocenters. The summed E-state index contributed by atoms with van der Waals surface area (Å²) in [6.07, 6.45) is 5.90. The van der Waals surface area contributed by atoms with Crippen LogP contribution >= 0.6 is 0 Å². The lowest BCUT2D eigenvalue weighted by atomic mass is 10.1. The minimum Gasteiger partial charge on any atom is -0.393 e. The molecule has 1 aromatic heterocycles. The Bertz CT molecular complexity index is 256. The molecule has 1 aliphatic carbocycles. The molecule has 1 heterocycles. The van der Waals surface area contributed by atoms with Gasteiger partial charge in [0.05, 0.1) is 6.10 Å². The molecule has 1 unspecified atom stereocenters. The number of aryl methyl sites for hydroxylation is 1. The van der Waals surface area contributed by atoms with Crippen LogP contribution in [0.25, 0.3) is 0 Å². The van der Waals surface area contributed by atoms with Gasteiger partial charge in [0, 0.05) is 11.9 Å². The lowest BCUT2D eigenvalue weighted by Gasteiger charge is -2.07. The highest BCUT2D eigenvalue weighted by Gasteiger charge is 2.29. The molecule has 13 heavy (non-hydrogen) atoms. The van der Waals surface area contributed by atoms with Gasteiger partial charge in [-0.15, -0.1) is 0 Å². The summed E-state index contributed by atoms with van der Waals surface area (Å²) < 4.78 is 0. The minimum atomic E-state index is -0.0954. The molecule has 2 nitrogen and oxygen atoms in total. The molecule has 1 saturated carbocycles. The summed E-state index contributed by atoms with van der Waals surface area (Å²) in [5, 5.41) is 9.62. The number of hydrogen-bond acceptors (Lipinski definition) is 2. The zero-order chi connectivity index (χ0) is 9.10. The van der Waals surface area contributed by atoms with Crippen LogP contribution in [0.15, 0.2) is 24.4 Å². The molecule has 2 rings (SSSR count). The lowest BCUT2D eigenvalue weighted by Crippen LogP contribution is -2.10. The van der Waals surface area contributed by atoms with Crippen molar-refractivity contribution in [3.8, 4) is 0 Å². The van der Waals surface area contributed by atoms with Crippen LogP contribution in [0, 0.1) is 5.92 Å². The Kier molecular flexibility index (Phi) is 2.60. The van der Waals surface area contributed by atoms with Gasteiger partial charge in [-0.3, -0.25) is 4.98 Å². The van der Waals surface area contributed by atoms with E-state index < -0.39 is 0 Å². The summed E-state index contributed by atoms with van der Waals surface area (Å²) in [4.78, 5) is 4.22. The molecule has 0 saturated heterocycles. The van der Waals surface area contributed by atoms with Gasteiger partial charge in [0.1, 0.15) is 0 Å². The van der Waals surface area contributed by atoms with Crippen LogP contribution < -0.4 is 0 Å². The van der Waals surface area contributed by atoms with E-state index in [1.807, 2.05) is 18.2 Å². The van der Waals surface area contributed by atoms with Gasteiger partial charge in [0.2, 0.25) is 0 Å². The molecular weight excluding hydrogens is 162 g/mol. The Morgan fingerprint density at radius 1 is 1.46 bits per heavy atom. The molecule has 0 bridgehead atoms. The van der Waals surface area contributed by atoms with Gasteiger partial charge in [0.15, 0.2) is 0 Å². The van der Waals surface area contributed by atoms with Crippen molar-refractivity contribution in [1.82, 2.24) is 4.98 Å². The van der Waals surface area contributed by atoms with Gasteiger partial charge >= 0.3 is 0 Å². The Morgan fingerprint density at radius 3 is 2.92 bits per heavy atom. The third-order valence-corrected chi connectivity index (χ3v) is 2.59. The Morgan fingerprint density at radius 2 is 2.31 bits per heavy atom. The van der Waals surface area contributed by atoms with E-state index in [4.69, 9.17) is 0 Å². The molecule has 0 amide bonds. The van der Waals surface area contributed by atoms with Crippen molar-refractivity contribution in [3.63, 3.8) is 0 Å². The van der Waals surface area contributed by atoms with Crippen LogP contribution in [0.5, 0.6) is 0 Å². The molecule has 2 heteroatoms. The third kappa shape index (κ3) is 2.52. The highest BCUT2D eigenvalue weighted by molar-refractivity contribution is 5.03. The molecule has 0 aliphatic heterocycles. The molecule has 0 aromatic carbocycles. The van der Waals surface area contributed by atoms with E-state index in [0.29, 0.717) is 5.92 Å². The van der Waals surface area contributed by atoms with Crippen LogP contribution in [0.1, 0.15) is 25.0 Å². The summed E-state index contributed by atoms with van der Waals surface area (Å²) >= 11 is 0. The molecule has 1 aliphatic rings. The molecule has 70 valence electrons. The average molecular weight is 177 g/mol. The molecule has 1 aromatic rings. The predicted molar refractivity (Wildman–Crippen MR) is 51.3 cm³/mol. The first kappa shape index (κ1) is 8.70. The van der Waals surface area contributed by atoms with Gasteiger partial charge in [-0.25, -0.2) is 0 Å². The van der Waals surface area contributed by atoms with Crippen molar-refractivity contribution < 1.29 is 5.11 Å². The van der Waals surface area contributed by atoms with Crippen LogP contribution in [-0.2, 0) is 6.42 Å². The number of aliphatic hydroxyl groups excluding tert-OH is 1. The van der Waals surface area contributed by atoms with E-state index in [1.54, 1.807) is 6.20 Å². The number of pyridine rings is 1. The molecular formula is C11H15NO. The fourth-order valence-electron chi connectivity index (χ4n) is 1.56. The summed E-state index contributed by atoms with van der Waals surface area (Å²) in [5.41, 5.74) is 1.09. The maximum atomic E-state index is 9.62. The first-order valence-corrected chi connectivity index (χ1v) is 4.94. The van der Waals surface area contributed by atoms with Crippen molar-refractivity contribution >= 4 is 0 Å². The summed E-state index contributed by atoms with van der Waals surface area (Å²) in [6, 6.07) is 5.92. The first-order chi connectivity index (χ1) is 6.36. The average Bonchev–Trinajstić information content (AvgIpc) is 2.99. The number of aliphatic hydroxyl groups is 1. The van der Waals surface area contributed by atoms with Gasteiger partial charge in [0.25, 0.3) is 0 Å². The number of aromatic nitrogens is 1. The first-order valence-electron chi connectivity index (χ1n) is 4.94. The molecule has 0 radical (unpaired) electrons. The Balaban J connectivity index is 1.78. The number of nitrogens with zero attached hydrogens (tertiary/aromatic N) is 1. The van der Waals surface area contributed by atoms with Crippen LogP contribution in [0.2, 0.25) is 0 Å². The van der Waals surface area contributed by atoms with E-state index >= 15 is 0 Å². The van der Waals surface area contributed by atoms with Crippen molar-refractivity contribution in [2.45, 2.75) is 31.8 Å². The zero-order valence-corrected chi connectivity index (χ0v) is 7.69. The third-order valence-electron chi connectivity index (χ3n) is 2.59. The molecule has 1 N–H and O–H groups in total. The monoisotopic (exact) mass is 177 g/mol. The van der Waals surface area contributed by atoms with Gasteiger partial charge < -0.3 is 5.11 Å². The second kappa shape index (κ2) is 3.88. The quantitative estimate of drug-likeness (QED) is 0.760. The second-order valence-electron chi connectivity index (χ2n) is 3.76. The number of rotatable bonds is 4. The SMILES string of the molecule is OC(CCc1ccccn1)C1CC1. The van der Waals surface area contributed by atoms with Crippen LogP contribution in [0.4, 0.5) is 0 Å². The van der Waals surface area contributed by atoms with Crippen molar-refractivity contribution in [1.29, 1.82) is 0 Å². The van der Waals surface area contributed by atoms with Gasteiger partial charge in [-0.05, 0) is 43.7 Å². The van der Waals surface area contributed by atoms with Gasteiger partial charge in [-0.1, -0.05) is 6.07 Å². The lowest BCUT2D eigenvalue weighted by molar-refractivity contribution is 0.141. The molecule has 1 fully saturated rings. The van der Waals surface area contributed by atoms with E-state index in [9.17, 15) is 5.11 Å². The summed E-state index contributed by atoms with van der Waals surface area (Å²) in [5.74, 6) is 0.587. The van der Waals surface area contributed by atoms with Crippen LogP contribution in [0.3, 0.4) is 0 Å². The van der Waals surface area contributed by atoms with E-state index in [-0.39, 0.29) is 6.10 Å². The van der Waals surface area contributed by atoms with E-state index in [1.165, 1.54) is 12.8 Å². The van der Waals surface area contributed by atoms with Crippen LogP contribution in [-0.4, -0.2) is 16.2 Å². The Labute approximate surface area is 78.6 Å². The predicted octanol–water partition coefficient (Wildman–Crippen LogP) is 1.79. The van der Waals surface area contributed by atoms with Gasteiger partial charge in [-0.2, -0.15) is 0 Å². The standard InChI is InChI=1S/C11H15NO/c13-11(9-4-5-9)7-6-10-3-1-2-8-12-10/h1-3,8-9,11,13H,4-7H2. The van der Waals surface area contributed by atoms with Crippen molar-refractivity contribution in [2.75, 3.05) is 0 Å². The Hall–Kier alpha value is -0.890. The second-order valence-corrected chi connectivity index (χ2v) is 3.76. The number of hydrogen-bond donors (Lipinski definition) is 1. The maximum Gasteiger partial charge on any atom is 0.0572 e. The van der Waals surface area contributed by atoms with Crippen molar-refractivity contribution in [2.24, 2.45) is 5.92 Å².